The van der Waals surface area contributed by atoms with E-state index in [-0.39, 0.29) is 28.5 Å². The SMILES string of the molecule is CCCC(C)NC(=O)C1CCN(S(=O)(=O)c2ccc(C(C)=O)cc2)CC1. The monoisotopic (exact) mass is 380 g/mol. The molecule has 0 radical (unpaired) electrons. The maximum absolute atomic E-state index is 12.7. The summed E-state index contributed by atoms with van der Waals surface area (Å²) >= 11 is 0. The van der Waals surface area contributed by atoms with Gasteiger partial charge in [-0.1, -0.05) is 25.5 Å². The van der Waals surface area contributed by atoms with E-state index < -0.39 is 10.0 Å². The number of carbonyl (C=O) groups is 2. The number of amides is 1. The largest absolute Gasteiger partial charge is 0.353 e. The number of ketones is 1. The predicted octanol–water partition coefficient (Wildman–Crippen LogP) is 2.59. The predicted molar refractivity (Wildman–Crippen MR) is 100 cm³/mol. The Bertz CT molecular complexity index is 735. The zero-order valence-electron chi connectivity index (χ0n) is 15.7. The second-order valence-electron chi connectivity index (χ2n) is 6.96. The molecular formula is C19H28N2O4S. The summed E-state index contributed by atoms with van der Waals surface area (Å²) in [6.07, 6.45) is 3.00. The van der Waals surface area contributed by atoms with E-state index in [1.165, 1.54) is 35.5 Å². The Hall–Kier alpha value is -1.73. The zero-order valence-corrected chi connectivity index (χ0v) is 16.5. The van der Waals surface area contributed by atoms with Crippen molar-refractivity contribution < 1.29 is 18.0 Å². The number of carbonyl (C=O) groups excluding carboxylic acids is 2. The lowest BCUT2D eigenvalue weighted by atomic mass is 9.96. The van der Waals surface area contributed by atoms with Gasteiger partial charge in [0, 0.05) is 30.6 Å². The van der Waals surface area contributed by atoms with Crippen molar-refractivity contribution in [2.24, 2.45) is 5.92 Å². The molecule has 1 atom stereocenters. The summed E-state index contributed by atoms with van der Waals surface area (Å²) in [4.78, 5) is 23.8. The van der Waals surface area contributed by atoms with E-state index in [1.54, 1.807) is 0 Å². The van der Waals surface area contributed by atoms with Crippen LogP contribution in [0, 0.1) is 5.92 Å². The number of hydrogen-bond acceptors (Lipinski definition) is 4. The molecule has 2 rings (SSSR count). The lowest BCUT2D eigenvalue weighted by Crippen LogP contribution is -2.44. The molecule has 0 aliphatic carbocycles. The molecule has 1 aliphatic heterocycles. The van der Waals surface area contributed by atoms with Crippen LogP contribution in [-0.4, -0.2) is 43.5 Å². The molecule has 0 bridgehead atoms. The highest BCUT2D eigenvalue weighted by atomic mass is 32.2. The molecule has 1 amide bonds. The second-order valence-corrected chi connectivity index (χ2v) is 8.90. The second kappa shape index (κ2) is 8.77. The Morgan fingerprint density at radius 1 is 1.19 bits per heavy atom. The quantitative estimate of drug-likeness (QED) is 0.737. The number of benzene rings is 1. The molecule has 1 aromatic rings. The van der Waals surface area contributed by atoms with Crippen LogP contribution in [0.25, 0.3) is 0 Å². The summed E-state index contributed by atoms with van der Waals surface area (Å²) < 4.78 is 26.9. The third-order valence-corrected chi connectivity index (χ3v) is 6.75. The first kappa shape index (κ1) is 20.6. The number of rotatable bonds is 7. The number of nitrogens with one attached hydrogen (secondary N) is 1. The van der Waals surface area contributed by atoms with E-state index in [0.29, 0.717) is 31.5 Å². The number of piperidine rings is 1. The van der Waals surface area contributed by atoms with E-state index >= 15 is 0 Å². The minimum Gasteiger partial charge on any atom is -0.353 e. The third-order valence-electron chi connectivity index (χ3n) is 4.83. The minimum absolute atomic E-state index is 0.0220. The van der Waals surface area contributed by atoms with Gasteiger partial charge in [0.15, 0.2) is 5.78 Å². The summed E-state index contributed by atoms with van der Waals surface area (Å²) in [5.74, 6) is -0.215. The van der Waals surface area contributed by atoms with Crippen molar-refractivity contribution in [2.45, 2.75) is 57.4 Å². The van der Waals surface area contributed by atoms with Crippen molar-refractivity contribution in [1.29, 1.82) is 0 Å². The van der Waals surface area contributed by atoms with Gasteiger partial charge in [0.25, 0.3) is 0 Å². The highest BCUT2D eigenvalue weighted by Crippen LogP contribution is 2.24. The molecule has 0 saturated carbocycles. The van der Waals surface area contributed by atoms with Gasteiger partial charge < -0.3 is 5.32 Å². The normalized spacial score (nSPS) is 17.7. The topological polar surface area (TPSA) is 83.6 Å². The summed E-state index contributed by atoms with van der Waals surface area (Å²) in [7, 11) is -3.59. The number of nitrogens with zero attached hydrogens (tertiary/aromatic N) is 1. The minimum atomic E-state index is -3.59. The standard InChI is InChI=1S/C19H28N2O4S/c1-4-5-14(2)20-19(23)17-10-12-21(13-11-17)26(24,25)18-8-6-16(7-9-18)15(3)22/h6-9,14,17H,4-5,10-13H2,1-3H3,(H,20,23). The molecule has 0 aromatic heterocycles. The Balaban J connectivity index is 1.97. The summed E-state index contributed by atoms with van der Waals surface area (Å²) in [5, 5.41) is 3.01. The molecule has 6 nitrogen and oxygen atoms in total. The first-order chi connectivity index (χ1) is 12.3. The fourth-order valence-electron chi connectivity index (χ4n) is 3.23. The van der Waals surface area contributed by atoms with Crippen molar-refractivity contribution in [1.82, 2.24) is 9.62 Å². The summed E-state index contributed by atoms with van der Waals surface area (Å²) in [6, 6.07) is 6.15. The lowest BCUT2D eigenvalue weighted by molar-refractivity contribution is -0.126. The van der Waals surface area contributed by atoms with Crippen molar-refractivity contribution >= 4 is 21.7 Å². The first-order valence-electron chi connectivity index (χ1n) is 9.17. The van der Waals surface area contributed by atoms with E-state index in [1.807, 2.05) is 6.92 Å². The average Bonchev–Trinajstić information content (AvgIpc) is 2.62. The van der Waals surface area contributed by atoms with Gasteiger partial charge in [-0.2, -0.15) is 4.31 Å². The van der Waals surface area contributed by atoms with E-state index in [2.05, 4.69) is 12.2 Å². The highest BCUT2D eigenvalue weighted by molar-refractivity contribution is 7.89. The van der Waals surface area contributed by atoms with Crippen molar-refractivity contribution in [2.75, 3.05) is 13.1 Å². The number of hydrogen-bond donors (Lipinski definition) is 1. The van der Waals surface area contributed by atoms with Gasteiger partial charge in [0.2, 0.25) is 15.9 Å². The van der Waals surface area contributed by atoms with E-state index in [0.717, 1.165) is 12.8 Å². The Kier molecular flexibility index (Phi) is 6.94. The van der Waals surface area contributed by atoms with Crippen LogP contribution in [0.15, 0.2) is 29.2 Å². The van der Waals surface area contributed by atoms with Gasteiger partial charge in [0.05, 0.1) is 4.90 Å². The fourth-order valence-corrected chi connectivity index (χ4v) is 4.70. The fraction of sp³-hybridized carbons (Fsp3) is 0.579. The van der Waals surface area contributed by atoms with Gasteiger partial charge in [-0.25, -0.2) is 8.42 Å². The Labute approximate surface area is 156 Å². The molecular weight excluding hydrogens is 352 g/mol. The lowest BCUT2D eigenvalue weighted by Gasteiger charge is -2.31. The van der Waals surface area contributed by atoms with Crippen LogP contribution < -0.4 is 5.32 Å². The van der Waals surface area contributed by atoms with E-state index in [4.69, 9.17) is 0 Å². The van der Waals surface area contributed by atoms with E-state index in [9.17, 15) is 18.0 Å². The van der Waals surface area contributed by atoms with Crippen molar-refractivity contribution in [3.63, 3.8) is 0 Å². The smallest absolute Gasteiger partial charge is 0.243 e. The maximum Gasteiger partial charge on any atom is 0.243 e. The van der Waals surface area contributed by atoms with Crippen LogP contribution >= 0.6 is 0 Å². The van der Waals surface area contributed by atoms with Crippen LogP contribution in [0.1, 0.15) is 56.8 Å². The van der Waals surface area contributed by atoms with Crippen LogP contribution in [0.4, 0.5) is 0 Å². The van der Waals surface area contributed by atoms with Crippen molar-refractivity contribution in [3.05, 3.63) is 29.8 Å². The van der Waals surface area contributed by atoms with Crippen LogP contribution in [0.2, 0.25) is 0 Å². The van der Waals surface area contributed by atoms with Gasteiger partial charge >= 0.3 is 0 Å². The van der Waals surface area contributed by atoms with Crippen molar-refractivity contribution in [3.8, 4) is 0 Å². The maximum atomic E-state index is 12.7. The Morgan fingerprint density at radius 3 is 2.27 bits per heavy atom. The van der Waals surface area contributed by atoms with Gasteiger partial charge in [0.1, 0.15) is 0 Å². The number of Topliss-reactive ketones (excluding diaryl/α,β-unsaturated/α-hetero) is 1. The summed E-state index contributed by atoms with van der Waals surface area (Å²) in [6.45, 7) is 6.18. The Morgan fingerprint density at radius 2 is 1.77 bits per heavy atom. The molecule has 1 saturated heterocycles. The number of sulfonamides is 1. The van der Waals surface area contributed by atoms with Crippen LogP contribution in [0.3, 0.4) is 0 Å². The van der Waals surface area contributed by atoms with Gasteiger partial charge in [-0.3, -0.25) is 9.59 Å². The first-order valence-corrected chi connectivity index (χ1v) is 10.6. The average molecular weight is 381 g/mol. The molecule has 1 heterocycles. The summed E-state index contributed by atoms with van der Waals surface area (Å²) in [5.41, 5.74) is 0.487. The molecule has 1 aromatic carbocycles. The molecule has 26 heavy (non-hydrogen) atoms. The molecule has 1 aliphatic rings. The molecule has 1 fully saturated rings. The van der Waals surface area contributed by atoms with Crippen LogP contribution in [-0.2, 0) is 14.8 Å². The van der Waals surface area contributed by atoms with Gasteiger partial charge in [-0.15, -0.1) is 0 Å². The zero-order chi connectivity index (χ0) is 19.3. The third kappa shape index (κ3) is 4.92. The molecule has 144 valence electrons. The molecule has 1 unspecified atom stereocenters. The highest BCUT2D eigenvalue weighted by Gasteiger charge is 2.32. The molecule has 0 spiro atoms. The molecule has 1 N–H and O–H groups in total. The van der Waals surface area contributed by atoms with Crippen LogP contribution in [0.5, 0.6) is 0 Å². The molecule has 7 heteroatoms. The van der Waals surface area contributed by atoms with Gasteiger partial charge in [-0.05, 0) is 45.2 Å².